The SMILES string of the molecule is CC=CC=CC.C[C](C)(C)[Ti+2][C]1=CC=CC1.C[N-]C.C[N-]C. The van der Waals surface area contributed by atoms with Crippen LogP contribution >= 0.6 is 0 Å². The van der Waals surface area contributed by atoms with Crippen molar-refractivity contribution in [3.63, 3.8) is 0 Å². The first kappa shape index (κ1) is 26.5. The molecule has 0 N–H and O–H groups in total. The van der Waals surface area contributed by atoms with E-state index in [2.05, 4.69) is 49.6 Å². The molecule has 0 aromatic heterocycles. The Morgan fingerprint density at radius 1 is 0.955 bits per heavy atom. The summed E-state index contributed by atoms with van der Waals surface area (Å²) in [6.45, 7) is 11.0. The maximum atomic E-state index is 3.50. The van der Waals surface area contributed by atoms with Crippen molar-refractivity contribution in [1.29, 1.82) is 0 Å². The van der Waals surface area contributed by atoms with E-state index in [4.69, 9.17) is 0 Å². The minimum atomic E-state index is 0.146. The first-order chi connectivity index (χ1) is 10.3. The van der Waals surface area contributed by atoms with Crippen molar-refractivity contribution in [3.8, 4) is 0 Å². The number of nitrogens with zero attached hydrogens (tertiary/aromatic N) is 2. The molecule has 0 saturated carbocycles. The summed E-state index contributed by atoms with van der Waals surface area (Å²) in [7, 11) is 7.00. The Hall–Kier alpha value is -0.406. The van der Waals surface area contributed by atoms with Crippen LogP contribution in [0.4, 0.5) is 0 Å². The van der Waals surface area contributed by atoms with Crippen LogP contribution in [0.1, 0.15) is 41.0 Å². The van der Waals surface area contributed by atoms with Crippen molar-refractivity contribution in [2.75, 3.05) is 28.2 Å². The Morgan fingerprint density at radius 3 is 1.59 bits per heavy atom. The molecule has 0 radical (unpaired) electrons. The number of rotatable bonds is 2. The molecule has 0 aromatic rings. The molecule has 3 heteroatoms. The van der Waals surface area contributed by atoms with Crippen LogP contribution in [0.25, 0.3) is 10.6 Å². The third-order valence-electron chi connectivity index (χ3n) is 1.80. The molecule has 0 unspecified atom stereocenters. The van der Waals surface area contributed by atoms with E-state index in [1.165, 1.54) is 6.42 Å². The molecule has 0 atom stereocenters. The van der Waals surface area contributed by atoms with Crippen molar-refractivity contribution in [2.45, 2.75) is 44.8 Å². The summed E-state index contributed by atoms with van der Waals surface area (Å²) in [6, 6.07) is 0. The minimum absolute atomic E-state index is 0.146. The van der Waals surface area contributed by atoms with Gasteiger partial charge in [0.2, 0.25) is 0 Å². The second-order valence-electron chi connectivity index (χ2n) is 5.65. The average molecular weight is 340 g/mol. The normalized spacial score (nSPS) is 12.5. The van der Waals surface area contributed by atoms with Crippen LogP contribution < -0.4 is 0 Å². The van der Waals surface area contributed by atoms with Crippen molar-refractivity contribution >= 4 is 0 Å². The van der Waals surface area contributed by atoms with Gasteiger partial charge in [-0.1, -0.05) is 24.3 Å². The van der Waals surface area contributed by atoms with E-state index in [9.17, 15) is 0 Å². The summed E-state index contributed by atoms with van der Waals surface area (Å²) in [6.07, 6.45) is 16.0. The maximum absolute atomic E-state index is 3.50. The van der Waals surface area contributed by atoms with Gasteiger partial charge in [0.05, 0.1) is 0 Å². The number of hydrogen-bond donors (Lipinski definition) is 0. The second-order valence-corrected chi connectivity index (χ2v) is 9.38. The monoisotopic (exact) mass is 340 g/mol. The van der Waals surface area contributed by atoms with Crippen LogP contribution in [-0.2, 0) is 19.2 Å². The molecule has 1 aliphatic rings. The molecule has 0 fully saturated rings. The van der Waals surface area contributed by atoms with Crippen molar-refractivity contribution in [1.82, 2.24) is 0 Å². The summed E-state index contributed by atoms with van der Waals surface area (Å²) in [4.78, 5) is 0. The fourth-order valence-corrected chi connectivity index (χ4v) is 3.37. The van der Waals surface area contributed by atoms with E-state index in [0.29, 0.717) is 3.72 Å². The van der Waals surface area contributed by atoms with Crippen LogP contribution in [-0.4, -0.2) is 28.2 Å². The predicted molar refractivity (Wildman–Crippen MR) is 102 cm³/mol. The van der Waals surface area contributed by atoms with Crippen molar-refractivity contribution in [3.05, 3.63) is 57.0 Å². The van der Waals surface area contributed by atoms with Gasteiger partial charge < -0.3 is 10.6 Å². The zero-order valence-electron chi connectivity index (χ0n) is 16.1. The van der Waals surface area contributed by atoms with Gasteiger partial charge in [0, 0.05) is 0 Å². The van der Waals surface area contributed by atoms with Gasteiger partial charge in [0.25, 0.3) is 0 Å². The van der Waals surface area contributed by atoms with Crippen LogP contribution in [0.15, 0.2) is 46.4 Å². The van der Waals surface area contributed by atoms with Gasteiger partial charge in [-0.05, 0) is 13.8 Å². The molecule has 2 nitrogen and oxygen atoms in total. The Bertz CT molecular complexity index is 309. The zero-order chi connectivity index (χ0) is 17.9. The van der Waals surface area contributed by atoms with E-state index < -0.39 is 0 Å². The molecule has 0 heterocycles. The maximum Gasteiger partial charge on any atom is -0.162 e. The summed E-state index contributed by atoms with van der Waals surface area (Å²) in [5.74, 6) is 0. The topological polar surface area (TPSA) is 28.2 Å². The Labute approximate surface area is 149 Å². The molecule has 0 saturated heterocycles. The third kappa shape index (κ3) is 31.8. The van der Waals surface area contributed by atoms with Crippen LogP contribution in [0.2, 0.25) is 3.72 Å². The summed E-state index contributed by atoms with van der Waals surface area (Å²) in [5, 5.41) is 7.00. The average Bonchev–Trinajstić information content (AvgIpc) is 2.89. The minimum Gasteiger partial charge on any atom is -0.668 e. The van der Waals surface area contributed by atoms with Gasteiger partial charge in [0.1, 0.15) is 0 Å². The molecule has 0 amide bonds. The van der Waals surface area contributed by atoms with E-state index >= 15 is 0 Å². The standard InChI is InChI=1S/C6H10.C5H5.C4H9.2C2H6N.Ti/c1-3-5-6-4-2;1-2-4-5-3-1;1-4(2)3;2*1-3-2;/h3-6H,1-2H3;1-3H,4H2;1-3H3;2*1-2H3;/q;;;2*-1;+2. The van der Waals surface area contributed by atoms with Gasteiger partial charge in [-0.2, -0.15) is 28.2 Å². The first-order valence-corrected chi connectivity index (χ1v) is 9.22. The van der Waals surface area contributed by atoms with Gasteiger partial charge >= 0.3 is 72.2 Å². The van der Waals surface area contributed by atoms with E-state index in [1.807, 2.05) is 38.2 Å². The molecule has 126 valence electrons. The number of allylic oxidation sites excluding steroid dienone is 8. The first-order valence-electron chi connectivity index (χ1n) is 7.66. The molecule has 22 heavy (non-hydrogen) atoms. The van der Waals surface area contributed by atoms with Gasteiger partial charge in [-0.15, -0.1) is 0 Å². The predicted octanol–water partition coefficient (Wildman–Crippen LogP) is 6.51. The fourth-order valence-electron chi connectivity index (χ4n) is 1.24. The molecule has 1 aliphatic carbocycles. The molecule has 0 spiro atoms. The third-order valence-corrected chi connectivity index (χ3v) is 4.05. The zero-order valence-corrected chi connectivity index (χ0v) is 17.7. The van der Waals surface area contributed by atoms with Gasteiger partial charge in [0.15, 0.2) is 0 Å². The molecule has 0 bridgehead atoms. The quantitative estimate of drug-likeness (QED) is 0.405. The van der Waals surface area contributed by atoms with E-state index in [0.717, 1.165) is 0 Å². The van der Waals surface area contributed by atoms with Crippen LogP contribution in [0, 0.1) is 0 Å². The van der Waals surface area contributed by atoms with E-state index in [1.54, 1.807) is 32.1 Å². The molecule has 1 rings (SSSR count). The van der Waals surface area contributed by atoms with Crippen LogP contribution in [0.3, 0.4) is 0 Å². The van der Waals surface area contributed by atoms with Gasteiger partial charge in [-0.3, -0.25) is 0 Å². The second kappa shape index (κ2) is 20.6. The summed E-state index contributed by atoms with van der Waals surface area (Å²) >= 11 is 0.146. The Kier molecular flexibility index (Phi) is 24.8. The van der Waals surface area contributed by atoms with Crippen LogP contribution in [0.5, 0.6) is 0 Å². The Balaban J connectivity index is -0.000000258. The smallest absolute Gasteiger partial charge is 0.162 e. The fraction of sp³-hybridized carbons (Fsp3) is 0.579. The van der Waals surface area contributed by atoms with Crippen molar-refractivity contribution in [2.24, 2.45) is 0 Å². The van der Waals surface area contributed by atoms with Gasteiger partial charge in [-0.25, -0.2) is 0 Å². The molecular weight excluding hydrogens is 304 g/mol. The van der Waals surface area contributed by atoms with Crippen molar-refractivity contribution < 1.29 is 19.2 Å². The largest absolute Gasteiger partial charge is 0.668 e. The summed E-state index contributed by atoms with van der Waals surface area (Å²) < 4.78 is 2.28. The summed E-state index contributed by atoms with van der Waals surface area (Å²) in [5.41, 5.74) is 0. The van der Waals surface area contributed by atoms with E-state index in [-0.39, 0.29) is 19.2 Å². The number of hydrogen-bond acceptors (Lipinski definition) is 0. The molecule has 0 aromatic carbocycles. The molecular formula is C19H36N2Ti. The Morgan fingerprint density at radius 2 is 1.36 bits per heavy atom. The molecule has 0 aliphatic heterocycles.